The lowest BCUT2D eigenvalue weighted by Gasteiger charge is -2.14. The van der Waals surface area contributed by atoms with E-state index in [1.165, 1.54) is 40.6 Å². The van der Waals surface area contributed by atoms with Crippen LogP contribution < -0.4 is 25.3 Å². The summed E-state index contributed by atoms with van der Waals surface area (Å²) < 4.78 is 62.1. The number of hydrogen-bond acceptors (Lipinski definition) is 11. The van der Waals surface area contributed by atoms with Crippen molar-refractivity contribution in [3.63, 3.8) is 0 Å². The molecular formula is C25H21F3N8O5. The van der Waals surface area contributed by atoms with Gasteiger partial charge in [0.05, 0.1) is 26.9 Å². The normalized spacial score (nSPS) is 11.4. The molecule has 5 aromatic rings. The topological polar surface area (TPSA) is 155 Å². The van der Waals surface area contributed by atoms with Crippen LogP contribution in [0, 0.1) is 6.92 Å². The summed E-state index contributed by atoms with van der Waals surface area (Å²) in [5.74, 6) is 0.382. The Morgan fingerprint density at radius 1 is 0.951 bits per heavy atom. The molecule has 13 nitrogen and oxygen atoms in total. The molecule has 2 N–H and O–H groups in total. The number of ether oxygens (including phenoxy) is 3. The van der Waals surface area contributed by atoms with Gasteiger partial charge in [0.1, 0.15) is 11.5 Å². The van der Waals surface area contributed by atoms with Crippen molar-refractivity contribution in [3.05, 3.63) is 64.7 Å². The van der Waals surface area contributed by atoms with Crippen LogP contribution in [0.25, 0.3) is 28.3 Å². The van der Waals surface area contributed by atoms with Gasteiger partial charge in [-0.3, -0.25) is 9.51 Å². The number of methoxy groups -OCH3 is 3. The van der Waals surface area contributed by atoms with Crippen molar-refractivity contribution in [2.45, 2.75) is 13.1 Å². The number of H-pyrrole nitrogens is 1. The summed E-state index contributed by atoms with van der Waals surface area (Å²) in [5.41, 5.74) is 0.435. The Morgan fingerprint density at radius 2 is 1.68 bits per heavy atom. The predicted octanol–water partition coefficient (Wildman–Crippen LogP) is 4.16. The van der Waals surface area contributed by atoms with E-state index in [1.54, 1.807) is 24.3 Å². The highest BCUT2D eigenvalue weighted by molar-refractivity contribution is 5.76. The summed E-state index contributed by atoms with van der Waals surface area (Å²) in [5, 5.41) is 10.5. The van der Waals surface area contributed by atoms with Crippen LogP contribution in [0.1, 0.15) is 11.4 Å². The van der Waals surface area contributed by atoms with Crippen molar-refractivity contribution < 1.29 is 31.9 Å². The maximum atomic E-state index is 13.5. The number of alkyl halides is 3. The molecule has 212 valence electrons. The number of aromatic amines is 1. The molecule has 16 heteroatoms. The fourth-order valence-corrected chi connectivity index (χ4v) is 3.91. The third kappa shape index (κ3) is 5.52. The van der Waals surface area contributed by atoms with Gasteiger partial charge in [0.15, 0.2) is 17.3 Å². The molecule has 0 bridgehead atoms. The highest BCUT2D eigenvalue weighted by Crippen LogP contribution is 2.35. The lowest BCUT2D eigenvalue weighted by Crippen LogP contribution is -2.11. The molecule has 4 heterocycles. The van der Waals surface area contributed by atoms with E-state index in [-0.39, 0.29) is 40.3 Å². The molecule has 0 saturated carbocycles. The second-order valence-corrected chi connectivity index (χ2v) is 8.46. The minimum absolute atomic E-state index is 0.0110. The second-order valence-electron chi connectivity index (χ2n) is 8.46. The van der Waals surface area contributed by atoms with Crippen LogP contribution in [-0.4, -0.2) is 56.2 Å². The first-order valence-corrected chi connectivity index (χ1v) is 11.7. The highest BCUT2D eigenvalue weighted by atomic mass is 19.4. The molecule has 5 rings (SSSR count). The van der Waals surface area contributed by atoms with Crippen LogP contribution in [0.5, 0.6) is 17.4 Å². The van der Waals surface area contributed by atoms with Gasteiger partial charge < -0.3 is 19.5 Å². The number of aromatic nitrogens is 7. The number of halogens is 3. The van der Waals surface area contributed by atoms with Gasteiger partial charge in [-0.25, -0.2) is 19.4 Å². The van der Waals surface area contributed by atoms with E-state index in [0.717, 1.165) is 10.7 Å². The maximum absolute atomic E-state index is 13.5. The Bertz CT molecular complexity index is 1760. The standard InChI is InChI=1S/C25H21F3N8O5/c1-12-5-19(25(26,27)28)34-36(12)21-18(13-6-17(22(40-4)29-10-13)20-32-24(37)41-35-20)11-30-23(33-21)31-14-7-15(38-2)9-16(8-14)39-3/h5-11H,1-4H3,(H,30,31,33)(H,32,35,37). The van der Waals surface area contributed by atoms with Crippen LogP contribution in [0.4, 0.5) is 24.8 Å². The van der Waals surface area contributed by atoms with Crippen LogP contribution in [0.3, 0.4) is 0 Å². The van der Waals surface area contributed by atoms with Crippen molar-refractivity contribution >= 4 is 11.6 Å². The lowest BCUT2D eigenvalue weighted by molar-refractivity contribution is -0.141. The summed E-state index contributed by atoms with van der Waals surface area (Å²) in [4.78, 5) is 27.1. The summed E-state index contributed by atoms with van der Waals surface area (Å²) in [6.45, 7) is 1.46. The minimum atomic E-state index is -4.69. The van der Waals surface area contributed by atoms with Gasteiger partial charge in [-0.2, -0.15) is 23.3 Å². The molecule has 0 radical (unpaired) electrons. The van der Waals surface area contributed by atoms with Crippen LogP contribution in [0.2, 0.25) is 0 Å². The summed E-state index contributed by atoms with van der Waals surface area (Å²) in [6, 6.07) is 7.45. The Hall–Kier alpha value is -5.41. The van der Waals surface area contributed by atoms with Crippen molar-refractivity contribution in [1.82, 2.24) is 34.9 Å². The molecule has 0 aliphatic carbocycles. The summed E-state index contributed by atoms with van der Waals surface area (Å²) in [6.07, 6.45) is -1.88. The quantitative estimate of drug-likeness (QED) is 0.276. The van der Waals surface area contributed by atoms with Gasteiger partial charge in [-0.05, 0) is 19.1 Å². The van der Waals surface area contributed by atoms with Gasteiger partial charge >= 0.3 is 11.9 Å². The number of nitrogens with one attached hydrogen (secondary N) is 2. The Balaban J connectivity index is 1.67. The number of anilines is 2. The molecule has 41 heavy (non-hydrogen) atoms. The van der Waals surface area contributed by atoms with E-state index in [2.05, 4.69) is 40.0 Å². The first-order valence-electron chi connectivity index (χ1n) is 11.7. The summed E-state index contributed by atoms with van der Waals surface area (Å²) >= 11 is 0. The van der Waals surface area contributed by atoms with Gasteiger partial charge in [0.2, 0.25) is 11.8 Å². The lowest BCUT2D eigenvalue weighted by atomic mass is 10.1. The smallest absolute Gasteiger partial charge is 0.439 e. The molecule has 0 saturated heterocycles. The zero-order chi connectivity index (χ0) is 29.3. The fraction of sp³-hybridized carbons (Fsp3) is 0.200. The van der Waals surface area contributed by atoms with Crippen LogP contribution >= 0.6 is 0 Å². The van der Waals surface area contributed by atoms with E-state index in [9.17, 15) is 18.0 Å². The number of rotatable bonds is 8. The van der Waals surface area contributed by atoms with Gasteiger partial charge in [-0.1, -0.05) is 5.16 Å². The summed E-state index contributed by atoms with van der Waals surface area (Å²) in [7, 11) is 4.36. The molecule has 4 aromatic heterocycles. The number of aryl methyl sites for hydroxylation is 1. The SMILES string of the molecule is COc1cc(Nc2ncc(-c3cnc(OC)c(-c4noc(=O)[nH]4)c3)c(-n3nc(C(F)(F)F)cc3C)n2)cc(OC)c1. The van der Waals surface area contributed by atoms with Crippen molar-refractivity contribution in [3.8, 4) is 45.7 Å². The Morgan fingerprint density at radius 3 is 2.27 bits per heavy atom. The first-order chi connectivity index (χ1) is 19.6. The molecule has 0 aliphatic rings. The third-order valence-electron chi connectivity index (χ3n) is 5.81. The number of nitrogens with zero attached hydrogens (tertiary/aromatic N) is 6. The second kappa shape index (κ2) is 10.6. The molecule has 0 fully saturated rings. The Kier molecular flexibility index (Phi) is 7.04. The van der Waals surface area contributed by atoms with E-state index in [4.69, 9.17) is 14.2 Å². The van der Waals surface area contributed by atoms with Gasteiger partial charge in [0, 0.05) is 53.1 Å². The van der Waals surface area contributed by atoms with E-state index in [0.29, 0.717) is 22.7 Å². The fourth-order valence-electron chi connectivity index (χ4n) is 3.91. The molecule has 0 atom stereocenters. The monoisotopic (exact) mass is 570 g/mol. The van der Waals surface area contributed by atoms with E-state index in [1.807, 2.05) is 0 Å². The van der Waals surface area contributed by atoms with Gasteiger partial charge in [0.25, 0.3) is 0 Å². The third-order valence-corrected chi connectivity index (χ3v) is 5.81. The van der Waals surface area contributed by atoms with Crippen molar-refractivity contribution in [2.75, 3.05) is 26.6 Å². The molecule has 0 spiro atoms. The molecule has 0 aliphatic heterocycles. The van der Waals surface area contributed by atoms with Crippen LogP contribution in [-0.2, 0) is 6.18 Å². The molecular weight excluding hydrogens is 549 g/mol. The molecule has 1 aromatic carbocycles. The zero-order valence-corrected chi connectivity index (χ0v) is 21.9. The largest absolute Gasteiger partial charge is 0.497 e. The number of pyridine rings is 1. The number of hydrogen-bond donors (Lipinski definition) is 2. The maximum Gasteiger partial charge on any atom is 0.439 e. The van der Waals surface area contributed by atoms with Crippen LogP contribution in [0.15, 0.2) is 52.0 Å². The average Bonchev–Trinajstić information content (AvgIpc) is 3.57. The van der Waals surface area contributed by atoms with Crippen molar-refractivity contribution in [1.29, 1.82) is 0 Å². The average molecular weight is 570 g/mol. The van der Waals surface area contributed by atoms with Crippen molar-refractivity contribution in [2.24, 2.45) is 0 Å². The van der Waals surface area contributed by atoms with E-state index < -0.39 is 17.6 Å². The minimum Gasteiger partial charge on any atom is -0.497 e. The molecule has 0 unspecified atom stereocenters. The highest BCUT2D eigenvalue weighted by Gasteiger charge is 2.35. The van der Waals surface area contributed by atoms with Gasteiger partial charge in [-0.15, -0.1) is 0 Å². The Labute approximate surface area is 228 Å². The zero-order valence-electron chi connectivity index (χ0n) is 21.9. The number of benzene rings is 1. The first kappa shape index (κ1) is 27.2. The van der Waals surface area contributed by atoms with E-state index >= 15 is 0 Å². The molecule has 0 amide bonds. The predicted molar refractivity (Wildman–Crippen MR) is 138 cm³/mol.